The molecule has 0 saturated carbocycles. The summed E-state index contributed by atoms with van der Waals surface area (Å²) >= 11 is 0.917. The topological polar surface area (TPSA) is 74.3 Å². The minimum absolute atomic E-state index is 0.0928. The lowest BCUT2D eigenvalue weighted by atomic mass is 9.87. The molecule has 7 nitrogen and oxygen atoms in total. The SMILES string of the molecule is CCOc1cc(/C=C2\SC(=O)N(CCOc3ccccc3)C2=O)ccc1OCCOc1ccc(C(C)(C)C)cc1. The fourth-order valence-electron chi connectivity index (χ4n) is 3.98. The molecule has 8 heteroatoms. The Morgan fingerprint density at radius 3 is 2.15 bits per heavy atom. The Bertz CT molecular complexity index is 1330. The Morgan fingerprint density at radius 1 is 0.775 bits per heavy atom. The van der Waals surface area contributed by atoms with Crippen molar-refractivity contribution in [1.82, 2.24) is 4.90 Å². The maximum Gasteiger partial charge on any atom is 0.293 e. The first-order valence-corrected chi connectivity index (χ1v) is 14.1. The number of nitrogens with zero attached hydrogens (tertiary/aromatic N) is 1. The van der Waals surface area contributed by atoms with Crippen LogP contribution >= 0.6 is 11.8 Å². The van der Waals surface area contributed by atoms with E-state index in [1.54, 1.807) is 18.2 Å². The Hall–Kier alpha value is -3.91. The van der Waals surface area contributed by atoms with Crippen LogP contribution in [0.1, 0.15) is 38.8 Å². The van der Waals surface area contributed by atoms with Crippen LogP contribution in [0, 0.1) is 0 Å². The van der Waals surface area contributed by atoms with Gasteiger partial charge in [-0.05, 0) is 77.7 Å². The standard InChI is InChI=1S/C32H35NO6S/c1-5-36-28-21-23(11-16-27(28)39-20-19-38-26-14-12-24(13-15-26)32(2,3)4)22-29-30(34)33(31(35)40-29)17-18-37-25-9-7-6-8-10-25/h6-16,21-22H,5,17-20H2,1-4H3/b29-22-. The quantitative estimate of drug-likeness (QED) is 0.175. The fourth-order valence-corrected chi connectivity index (χ4v) is 4.84. The first kappa shape index (κ1) is 29.1. The van der Waals surface area contributed by atoms with Gasteiger partial charge in [-0.15, -0.1) is 0 Å². The zero-order valence-corrected chi connectivity index (χ0v) is 24.2. The molecule has 1 fully saturated rings. The lowest BCUT2D eigenvalue weighted by molar-refractivity contribution is -0.123. The van der Waals surface area contributed by atoms with E-state index in [9.17, 15) is 9.59 Å². The smallest absolute Gasteiger partial charge is 0.293 e. The average Bonchev–Trinajstić information content (AvgIpc) is 3.20. The number of amides is 2. The Kier molecular flexibility index (Phi) is 9.77. The van der Waals surface area contributed by atoms with Gasteiger partial charge in [0.1, 0.15) is 31.3 Å². The molecule has 0 spiro atoms. The average molecular weight is 562 g/mol. The number of rotatable bonds is 12. The highest BCUT2D eigenvalue weighted by Crippen LogP contribution is 2.34. The van der Waals surface area contributed by atoms with Crippen LogP contribution < -0.4 is 18.9 Å². The summed E-state index contributed by atoms with van der Waals surface area (Å²) in [4.78, 5) is 26.9. The van der Waals surface area contributed by atoms with E-state index in [-0.39, 0.29) is 29.7 Å². The zero-order chi connectivity index (χ0) is 28.5. The van der Waals surface area contributed by atoms with Crippen LogP contribution in [0.4, 0.5) is 4.79 Å². The third-order valence-electron chi connectivity index (χ3n) is 6.10. The van der Waals surface area contributed by atoms with E-state index in [1.165, 1.54) is 10.5 Å². The van der Waals surface area contributed by atoms with Gasteiger partial charge in [0.2, 0.25) is 0 Å². The fraction of sp³-hybridized carbons (Fsp3) is 0.312. The highest BCUT2D eigenvalue weighted by molar-refractivity contribution is 8.18. The number of hydrogen-bond donors (Lipinski definition) is 0. The number of carbonyl (C=O) groups excluding carboxylic acids is 2. The third kappa shape index (κ3) is 7.82. The van der Waals surface area contributed by atoms with Crippen molar-refractivity contribution in [2.45, 2.75) is 33.1 Å². The summed E-state index contributed by atoms with van der Waals surface area (Å²) in [5, 5.41) is -0.314. The van der Waals surface area contributed by atoms with Gasteiger partial charge in [-0.2, -0.15) is 0 Å². The van der Waals surface area contributed by atoms with Crippen LogP contribution in [0.3, 0.4) is 0 Å². The number of benzene rings is 3. The third-order valence-corrected chi connectivity index (χ3v) is 7.00. The molecule has 0 aliphatic carbocycles. The molecule has 1 heterocycles. The predicted octanol–water partition coefficient (Wildman–Crippen LogP) is 6.96. The second-order valence-electron chi connectivity index (χ2n) is 10.1. The van der Waals surface area contributed by atoms with Crippen molar-refractivity contribution in [3.8, 4) is 23.0 Å². The summed E-state index contributed by atoms with van der Waals surface area (Å²) in [6, 6.07) is 22.8. The number of ether oxygens (including phenoxy) is 4. The zero-order valence-electron chi connectivity index (χ0n) is 23.3. The van der Waals surface area contributed by atoms with Crippen molar-refractivity contribution in [1.29, 1.82) is 0 Å². The summed E-state index contributed by atoms with van der Waals surface area (Å²) < 4.78 is 23.2. The van der Waals surface area contributed by atoms with E-state index in [0.29, 0.717) is 42.0 Å². The van der Waals surface area contributed by atoms with Crippen LogP contribution in [0.5, 0.6) is 23.0 Å². The number of para-hydroxylation sites is 1. The van der Waals surface area contributed by atoms with Gasteiger partial charge in [0.05, 0.1) is 18.1 Å². The minimum atomic E-state index is -0.336. The van der Waals surface area contributed by atoms with E-state index in [1.807, 2.05) is 55.5 Å². The van der Waals surface area contributed by atoms with Gasteiger partial charge in [-0.3, -0.25) is 14.5 Å². The normalized spacial score (nSPS) is 14.5. The molecular formula is C32H35NO6S. The molecule has 4 rings (SSSR count). The van der Waals surface area contributed by atoms with Gasteiger partial charge in [-0.25, -0.2) is 0 Å². The van der Waals surface area contributed by atoms with Gasteiger partial charge >= 0.3 is 0 Å². The lowest BCUT2D eigenvalue weighted by Gasteiger charge is -2.19. The predicted molar refractivity (Wildman–Crippen MR) is 158 cm³/mol. The van der Waals surface area contributed by atoms with Crippen molar-refractivity contribution < 1.29 is 28.5 Å². The van der Waals surface area contributed by atoms with E-state index in [2.05, 4.69) is 32.9 Å². The number of imide groups is 1. The molecule has 1 saturated heterocycles. The molecule has 0 radical (unpaired) electrons. The summed E-state index contributed by atoms with van der Waals surface area (Å²) in [6.45, 7) is 9.99. The van der Waals surface area contributed by atoms with E-state index < -0.39 is 0 Å². The van der Waals surface area contributed by atoms with Gasteiger partial charge in [0.15, 0.2) is 11.5 Å². The molecule has 3 aromatic carbocycles. The molecule has 1 aliphatic rings. The van der Waals surface area contributed by atoms with E-state index >= 15 is 0 Å². The highest BCUT2D eigenvalue weighted by Gasteiger charge is 2.34. The molecule has 0 aromatic heterocycles. The summed E-state index contributed by atoms with van der Waals surface area (Å²) in [6.07, 6.45) is 1.69. The largest absolute Gasteiger partial charge is 0.492 e. The number of thioether (sulfide) groups is 1. The van der Waals surface area contributed by atoms with Crippen LogP contribution in [-0.2, 0) is 10.2 Å². The van der Waals surface area contributed by atoms with Crippen LogP contribution in [0.15, 0.2) is 77.7 Å². The summed E-state index contributed by atoms with van der Waals surface area (Å²) in [7, 11) is 0. The molecule has 0 bridgehead atoms. The molecule has 3 aromatic rings. The Balaban J connectivity index is 1.33. The summed E-state index contributed by atoms with van der Waals surface area (Å²) in [5.74, 6) is 2.28. The van der Waals surface area contributed by atoms with Gasteiger partial charge in [0.25, 0.3) is 11.1 Å². The lowest BCUT2D eigenvalue weighted by Crippen LogP contribution is -2.32. The van der Waals surface area contributed by atoms with Crippen LogP contribution in [0.2, 0.25) is 0 Å². The molecule has 0 unspecified atom stereocenters. The Labute approximate surface area is 240 Å². The first-order valence-electron chi connectivity index (χ1n) is 13.3. The van der Waals surface area contributed by atoms with Gasteiger partial charge in [0, 0.05) is 0 Å². The summed E-state index contributed by atoms with van der Waals surface area (Å²) in [5.41, 5.74) is 2.08. The van der Waals surface area contributed by atoms with Crippen molar-refractivity contribution in [3.05, 3.63) is 88.8 Å². The molecule has 0 N–H and O–H groups in total. The highest BCUT2D eigenvalue weighted by atomic mass is 32.2. The number of hydrogen-bond acceptors (Lipinski definition) is 7. The molecule has 1 aliphatic heterocycles. The molecule has 0 atom stereocenters. The molecule has 40 heavy (non-hydrogen) atoms. The second-order valence-corrected chi connectivity index (χ2v) is 11.1. The number of carbonyl (C=O) groups is 2. The van der Waals surface area contributed by atoms with Crippen LogP contribution in [-0.4, -0.2) is 49.0 Å². The van der Waals surface area contributed by atoms with Crippen molar-refractivity contribution in [3.63, 3.8) is 0 Å². The van der Waals surface area contributed by atoms with Crippen LogP contribution in [0.25, 0.3) is 6.08 Å². The first-order chi connectivity index (χ1) is 19.2. The van der Waals surface area contributed by atoms with Crippen molar-refractivity contribution in [2.24, 2.45) is 0 Å². The molecule has 2 amide bonds. The minimum Gasteiger partial charge on any atom is -0.492 e. The maximum atomic E-state index is 12.9. The van der Waals surface area contributed by atoms with Crippen molar-refractivity contribution in [2.75, 3.05) is 33.0 Å². The van der Waals surface area contributed by atoms with E-state index in [0.717, 1.165) is 23.1 Å². The molecular weight excluding hydrogens is 526 g/mol. The maximum absolute atomic E-state index is 12.9. The monoisotopic (exact) mass is 561 g/mol. The van der Waals surface area contributed by atoms with Gasteiger partial charge < -0.3 is 18.9 Å². The van der Waals surface area contributed by atoms with Crippen molar-refractivity contribution >= 4 is 29.0 Å². The molecule has 210 valence electrons. The van der Waals surface area contributed by atoms with Gasteiger partial charge in [-0.1, -0.05) is 57.2 Å². The second kappa shape index (κ2) is 13.4. The Morgan fingerprint density at radius 2 is 1.45 bits per heavy atom. The van der Waals surface area contributed by atoms with E-state index in [4.69, 9.17) is 18.9 Å².